The molecule has 3 fully saturated rings. The van der Waals surface area contributed by atoms with E-state index >= 15 is 0 Å². The van der Waals surface area contributed by atoms with Crippen LogP contribution in [0.3, 0.4) is 0 Å². The lowest BCUT2D eigenvalue weighted by Gasteiger charge is -2.37. The molecular formula is C22H41N7O. The maximum absolute atomic E-state index is 5.21. The molecule has 0 unspecified atom stereocenters. The molecule has 2 aromatic rings. The Hall–Kier alpha value is -1.77. The predicted molar refractivity (Wildman–Crippen MR) is 121 cm³/mol. The number of aromatic nitrogens is 5. The molecule has 2 aliphatic heterocycles. The van der Waals surface area contributed by atoms with Crippen molar-refractivity contribution in [2.75, 3.05) is 39.4 Å². The van der Waals surface area contributed by atoms with Gasteiger partial charge in [-0.2, -0.15) is 5.10 Å². The van der Waals surface area contributed by atoms with E-state index in [9.17, 15) is 0 Å². The van der Waals surface area contributed by atoms with Crippen molar-refractivity contribution < 1.29 is 4.74 Å². The lowest BCUT2D eigenvalue weighted by Crippen LogP contribution is -2.52. The minimum absolute atomic E-state index is 0.207. The SMILES string of the molecule is CC.CC.CC1(Cn2cc(-c3ccn[nH]3)nn2)COC1.CCN1CCNCC12CC2. The Bertz CT molecular complexity index is 705. The largest absolute Gasteiger partial charge is 0.380 e. The van der Waals surface area contributed by atoms with Crippen molar-refractivity contribution in [1.82, 2.24) is 35.4 Å². The molecule has 5 rings (SSSR count). The number of nitrogens with zero attached hydrogens (tertiary/aromatic N) is 5. The van der Waals surface area contributed by atoms with Crippen LogP contribution in [-0.4, -0.2) is 75.0 Å². The van der Waals surface area contributed by atoms with E-state index in [-0.39, 0.29) is 5.41 Å². The van der Waals surface area contributed by atoms with E-state index in [1.54, 1.807) is 6.20 Å². The van der Waals surface area contributed by atoms with Crippen LogP contribution in [0.5, 0.6) is 0 Å². The number of hydrogen-bond donors (Lipinski definition) is 2. The van der Waals surface area contributed by atoms with E-state index in [0.717, 1.165) is 31.1 Å². The highest BCUT2D eigenvalue weighted by Gasteiger charge is 2.48. The number of piperazine rings is 1. The summed E-state index contributed by atoms with van der Waals surface area (Å²) in [5.41, 5.74) is 2.54. The van der Waals surface area contributed by atoms with Crippen LogP contribution in [0.15, 0.2) is 18.5 Å². The van der Waals surface area contributed by atoms with Gasteiger partial charge in [0.1, 0.15) is 5.69 Å². The Morgan fingerprint density at radius 1 is 1.17 bits per heavy atom. The van der Waals surface area contributed by atoms with Gasteiger partial charge in [0.25, 0.3) is 0 Å². The quantitative estimate of drug-likeness (QED) is 0.792. The van der Waals surface area contributed by atoms with Crippen LogP contribution in [0.25, 0.3) is 11.4 Å². The third kappa shape index (κ3) is 6.12. The first-order valence-electron chi connectivity index (χ1n) is 11.6. The van der Waals surface area contributed by atoms with Crippen molar-refractivity contribution in [3.8, 4) is 11.4 Å². The maximum Gasteiger partial charge on any atom is 0.130 e. The zero-order valence-corrected chi connectivity index (χ0v) is 19.7. The van der Waals surface area contributed by atoms with Crippen LogP contribution < -0.4 is 5.32 Å². The second kappa shape index (κ2) is 11.6. The van der Waals surface area contributed by atoms with Crippen molar-refractivity contribution in [2.24, 2.45) is 5.41 Å². The fraction of sp³-hybridized carbons (Fsp3) is 0.773. The summed E-state index contributed by atoms with van der Waals surface area (Å²) in [5, 5.41) is 18.4. The molecular weight excluding hydrogens is 378 g/mol. The third-order valence-electron chi connectivity index (χ3n) is 5.65. The highest BCUT2D eigenvalue weighted by Crippen LogP contribution is 2.41. The van der Waals surface area contributed by atoms with Crippen LogP contribution in [0.1, 0.15) is 54.4 Å². The first kappa shape index (κ1) is 24.5. The van der Waals surface area contributed by atoms with Gasteiger partial charge >= 0.3 is 0 Å². The first-order chi connectivity index (χ1) is 14.6. The second-order valence-corrected chi connectivity index (χ2v) is 8.06. The van der Waals surface area contributed by atoms with E-state index in [2.05, 4.69) is 44.6 Å². The summed E-state index contributed by atoms with van der Waals surface area (Å²) in [7, 11) is 0. The van der Waals surface area contributed by atoms with Gasteiger partial charge in [-0.3, -0.25) is 14.7 Å². The molecule has 1 saturated carbocycles. The van der Waals surface area contributed by atoms with E-state index < -0.39 is 0 Å². The first-order valence-corrected chi connectivity index (χ1v) is 11.6. The van der Waals surface area contributed by atoms with E-state index in [4.69, 9.17) is 4.74 Å². The smallest absolute Gasteiger partial charge is 0.130 e. The van der Waals surface area contributed by atoms with Crippen molar-refractivity contribution >= 4 is 0 Å². The highest BCUT2D eigenvalue weighted by atomic mass is 16.5. The topological polar surface area (TPSA) is 83.9 Å². The zero-order valence-electron chi connectivity index (χ0n) is 19.7. The van der Waals surface area contributed by atoms with Crippen molar-refractivity contribution in [3.63, 3.8) is 0 Å². The summed E-state index contributed by atoms with van der Waals surface area (Å²) >= 11 is 0. The molecule has 0 aromatic carbocycles. The van der Waals surface area contributed by atoms with Crippen LogP contribution in [-0.2, 0) is 11.3 Å². The minimum atomic E-state index is 0.207. The summed E-state index contributed by atoms with van der Waals surface area (Å²) < 4.78 is 7.07. The number of likely N-dealkylation sites (N-methyl/N-ethyl adjacent to an activating group) is 1. The molecule has 170 valence electrons. The van der Waals surface area contributed by atoms with Crippen LogP contribution in [0.2, 0.25) is 0 Å². The Balaban J connectivity index is 0.000000197. The summed E-state index contributed by atoms with van der Waals surface area (Å²) in [6.07, 6.45) is 6.48. The van der Waals surface area contributed by atoms with Crippen molar-refractivity contribution in [2.45, 2.75) is 66.5 Å². The number of H-pyrrole nitrogens is 1. The minimum Gasteiger partial charge on any atom is -0.380 e. The van der Waals surface area contributed by atoms with Gasteiger partial charge in [0.05, 0.1) is 31.6 Å². The van der Waals surface area contributed by atoms with Gasteiger partial charge in [-0.25, -0.2) is 0 Å². The molecule has 8 nitrogen and oxygen atoms in total. The van der Waals surface area contributed by atoms with Gasteiger partial charge in [-0.05, 0) is 25.5 Å². The fourth-order valence-electron chi connectivity index (χ4n) is 3.85. The number of rotatable bonds is 4. The second-order valence-electron chi connectivity index (χ2n) is 8.06. The molecule has 8 heteroatoms. The van der Waals surface area contributed by atoms with Crippen molar-refractivity contribution in [3.05, 3.63) is 18.5 Å². The Morgan fingerprint density at radius 3 is 2.40 bits per heavy atom. The van der Waals surface area contributed by atoms with Gasteiger partial charge < -0.3 is 10.1 Å². The summed E-state index contributed by atoms with van der Waals surface area (Å²) in [6, 6.07) is 1.88. The van der Waals surface area contributed by atoms with E-state index in [1.807, 2.05) is 44.6 Å². The van der Waals surface area contributed by atoms with Gasteiger partial charge in [0.2, 0.25) is 0 Å². The summed E-state index contributed by atoms with van der Waals surface area (Å²) in [4.78, 5) is 2.63. The molecule has 0 radical (unpaired) electrons. The average Bonchev–Trinajstić information content (AvgIpc) is 3.17. The Morgan fingerprint density at radius 2 is 1.90 bits per heavy atom. The van der Waals surface area contributed by atoms with Gasteiger partial charge in [-0.15, -0.1) is 5.10 Å². The molecule has 1 aliphatic carbocycles. The number of hydrogen-bond acceptors (Lipinski definition) is 6. The molecule has 0 atom stereocenters. The molecule has 3 aliphatic rings. The third-order valence-corrected chi connectivity index (χ3v) is 5.65. The molecule has 4 heterocycles. The zero-order chi connectivity index (χ0) is 22.0. The lowest BCUT2D eigenvalue weighted by molar-refractivity contribution is -0.111. The lowest BCUT2D eigenvalue weighted by atomic mass is 9.89. The normalized spacial score (nSPS) is 20.5. The number of aromatic amines is 1. The standard InChI is InChI=1S/C10H13N5O.C8H16N2.2C2H6/c1-10(6-16-7-10)5-15-4-9(13-14-15)8-2-3-11-12-8;1-2-10-6-5-9-7-8(10)3-4-8;2*1-2/h2-4H,5-7H2,1H3,(H,11,12);9H,2-7H2,1H3;2*1-2H3. The van der Waals surface area contributed by atoms with Crippen LogP contribution >= 0.6 is 0 Å². The van der Waals surface area contributed by atoms with Gasteiger partial charge in [-0.1, -0.05) is 46.8 Å². The molecule has 1 spiro atoms. The number of nitrogens with one attached hydrogen (secondary N) is 2. The fourth-order valence-corrected chi connectivity index (χ4v) is 3.85. The van der Waals surface area contributed by atoms with Crippen molar-refractivity contribution in [1.29, 1.82) is 0 Å². The summed E-state index contributed by atoms with van der Waals surface area (Å²) in [6.45, 7) is 19.8. The van der Waals surface area contributed by atoms with Crippen LogP contribution in [0.4, 0.5) is 0 Å². The van der Waals surface area contributed by atoms with E-state index in [0.29, 0.717) is 5.54 Å². The maximum atomic E-state index is 5.21. The molecule has 2 aromatic heterocycles. The molecule has 2 N–H and O–H groups in total. The molecule has 30 heavy (non-hydrogen) atoms. The molecule has 0 amide bonds. The van der Waals surface area contributed by atoms with Crippen LogP contribution in [0, 0.1) is 5.41 Å². The Labute approximate surface area is 181 Å². The summed E-state index contributed by atoms with van der Waals surface area (Å²) in [5.74, 6) is 0. The average molecular weight is 420 g/mol. The Kier molecular flexibility index (Phi) is 9.45. The molecule has 2 saturated heterocycles. The van der Waals surface area contributed by atoms with E-state index in [1.165, 1.54) is 39.0 Å². The monoisotopic (exact) mass is 419 g/mol. The highest BCUT2D eigenvalue weighted by molar-refractivity contribution is 5.50. The molecule has 0 bridgehead atoms. The predicted octanol–water partition coefficient (Wildman–Crippen LogP) is 3.20. The van der Waals surface area contributed by atoms with Gasteiger partial charge in [0.15, 0.2) is 0 Å². The van der Waals surface area contributed by atoms with Gasteiger partial charge in [0, 0.05) is 36.8 Å². The number of ether oxygens (including phenoxy) is 1.